The fourth-order valence-electron chi connectivity index (χ4n) is 8.33. The zero-order chi connectivity index (χ0) is 35.5. The number of likely N-dealkylation sites (tertiary alicyclic amines) is 2. The Balaban J connectivity index is 1.01. The van der Waals surface area contributed by atoms with Gasteiger partial charge < -0.3 is 24.8 Å². The van der Waals surface area contributed by atoms with Crippen molar-refractivity contribution >= 4 is 56.5 Å². The second kappa shape index (κ2) is 16.3. The highest BCUT2D eigenvalue weighted by Crippen LogP contribution is 2.33. The first kappa shape index (κ1) is 36.2. The number of thiophene rings is 1. The van der Waals surface area contributed by atoms with Crippen molar-refractivity contribution in [3.05, 3.63) is 63.7 Å². The summed E-state index contributed by atoms with van der Waals surface area (Å²) in [6.45, 7) is 6.34. The summed E-state index contributed by atoms with van der Waals surface area (Å²) < 4.78 is 28.5. The van der Waals surface area contributed by atoms with Crippen LogP contribution in [0.3, 0.4) is 0 Å². The summed E-state index contributed by atoms with van der Waals surface area (Å²) in [6, 6.07) is 10.8. The normalized spacial score (nSPS) is 25.3. The Hall–Kier alpha value is -3.13. The highest BCUT2D eigenvalue weighted by molar-refractivity contribution is 7.17. The average molecular weight is 741 g/mol. The Labute approximate surface area is 306 Å². The smallest absolute Gasteiger partial charge is 0.306 e. The molecule has 1 saturated carbocycles. The van der Waals surface area contributed by atoms with Crippen molar-refractivity contribution in [1.29, 1.82) is 0 Å². The number of amides is 2. The molecule has 3 aliphatic heterocycles. The molecule has 0 radical (unpaired) electrons. The van der Waals surface area contributed by atoms with E-state index in [9.17, 15) is 19.5 Å². The number of hydrogen-bond acceptors (Lipinski definition) is 8. The molecule has 10 nitrogen and oxygen atoms in total. The predicted octanol–water partition coefficient (Wildman–Crippen LogP) is 5.91. The lowest BCUT2D eigenvalue weighted by Crippen LogP contribution is -2.51. The Morgan fingerprint density at radius 2 is 1.71 bits per heavy atom. The van der Waals surface area contributed by atoms with E-state index >= 15 is 4.39 Å². The maximum absolute atomic E-state index is 15.6. The van der Waals surface area contributed by atoms with Crippen molar-refractivity contribution < 1.29 is 33.4 Å². The molecule has 0 bridgehead atoms. The molecule has 2 N–H and O–H groups in total. The number of anilines is 1. The van der Waals surface area contributed by atoms with Crippen molar-refractivity contribution in [3.8, 4) is 0 Å². The summed E-state index contributed by atoms with van der Waals surface area (Å²) in [5.74, 6) is -2.26. The third-order valence-electron chi connectivity index (χ3n) is 11.3. The number of hydrogen-bond donors (Lipinski definition) is 2. The van der Waals surface area contributed by atoms with Gasteiger partial charge in [0.05, 0.1) is 60.6 Å². The second-order valence-electron chi connectivity index (χ2n) is 14.4. The summed E-state index contributed by atoms with van der Waals surface area (Å²) in [7, 11) is 0. The third-order valence-corrected chi connectivity index (χ3v) is 12.6. The molecule has 4 aliphatic rings. The summed E-state index contributed by atoms with van der Waals surface area (Å²) in [5.41, 5.74) is 0.810. The molecule has 51 heavy (non-hydrogen) atoms. The number of carboxylic acid groups (broad SMARTS) is 1. The van der Waals surface area contributed by atoms with E-state index in [0.29, 0.717) is 50.4 Å². The van der Waals surface area contributed by atoms with Gasteiger partial charge in [-0.2, -0.15) is 0 Å². The molecular weight excluding hydrogens is 695 g/mol. The molecule has 0 spiro atoms. The number of carbonyl (C=O) groups is 3. The molecule has 2 aromatic carbocycles. The minimum atomic E-state index is -0.750. The first-order valence-corrected chi connectivity index (χ1v) is 19.4. The van der Waals surface area contributed by atoms with E-state index < -0.39 is 11.8 Å². The Kier molecular flexibility index (Phi) is 11.6. The number of benzene rings is 2. The van der Waals surface area contributed by atoms with Crippen LogP contribution in [0.4, 0.5) is 10.1 Å². The SMILES string of the molecule is O=C(Nc1cc(F)c(CC(=O)N2C[C@@H](N3CCC(N4CCOCC4)CC3)C[C@H]2CO[C@H]2CC[C@H](C(=O)O)CC2)cc1Cl)c1csc2ccccc12. The lowest BCUT2D eigenvalue weighted by atomic mass is 9.87. The fraction of sp³-hybridized carbons (Fsp3) is 0.553. The van der Waals surface area contributed by atoms with Gasteiger partial charge in [-0.05, 0) is 81.8 Å². The van der Waals surface area contributed by atoms with Gasteiger partial charge >= 0.3 is 5.97 Å². The zero-order valence-electron chi connectivity index (χ0n) is 28.7. The Morgan fingerprint density at radius 1 is 0.980 bits per heavy atom. The number of piperidine rings is 1. The van der Waals surface area contributed by atoms with Gasteiger partial charge in [0.2, 0.25) is 5.91 Å². The number of nitrogens with one attached hydrogen (secondary N) is 1. The molecule has 3 saturated heterocycles. The van der Waals surface area contributed by atoms with E-state index in [1.807, 2.05) is 29.2 Å². The monoisotopic (exact) mass is 740 g/mol. The third kappa shape index (κ3) is 8.42. The minimum absolute atomic E-state index is 0.0352. The van der Waals surface area contributed by atoms with Crippen molar-refractivity contribution in [2.45, 2.75) is 75.6 Å². The highest BCUT2D eigenvalue weighted by Gasteiger charge is 2.40. The lowest BCUT2D eigenvalue weighted by molar-refractivity contribution is -0.144. The summed E-state index contributed by atoms with van der Waals surface area (Å²) >= 11 is 8.04. The number of rotatable bonds is 10. The number of fused-ring (bicyclic) bond motifs is 1. The molecule has 7 rings (SSSR count). The summed E-state index contributed by atoms with van der Waals surface area (Å²) in [6.07, 6.45) is 5.28. The first-order valence-electron chi connectivity index (χ1n) is 18.2. The molecule has 4 heterocycles. The van der Waals surface area contributed by atoms with Gasteiger partial charge in [-0.15, -0.1) is 11.3 Å². The van der Waals surface area contributed by atoms with Crippen LogP contribution in [0.15, 0.2) is 41.8 Å². The van der Waals surface area contributed by atoms with Gasteiger partial charge in [0, 0.05) is 47.2 Å². The Bertz CT molecular complexity index is 1720. The standard InChI is InChI=1S/C38H46ClFN4O6S/c39-32-17-25(33(40)20-34(32)41-37(46)31-23-51-35-4-2-1-3-30(31)35)18-36(45)44-21-27(42-11-9-26(10-12-42)43-13-15-49-16-14-43)19-28(44)22-50-29-7-5-24(6-8-29)38(47)48/h1-4,17,20,23-24,26-29H,5-16,18-19,21-22H2,(H,41,46)(H,47,48)/t24-,27-,28-,29-/m0/s1. The summed E-state index contributed by atoms with van der Waals surface area (Å²) in [5, 5.41) is 14.9. The second-order valence-corrected chi connectivity index (χ2v) is 15.7. The van der Waals surface area contributed by atoms with Crippen LogP contribution in [-0.4, -0.2) is 114 Å². The number of carbonyl (C=O) groups excluding carboxylic acids is 2. The molecule has 2 atom stereocenters. The van der Waals surface area contributed by atoms with Crippen molar-refractivity contribution in [1.82, 2.24) is 14.7 Å². The van der Waals surface area contributed by atoms with Crippen LogP contribution in [-0.2, 0) is 25.5 Å². The van der Waals surface area contributed by atoms with Gasteiger partial charge in [0.25, 0.3) is 5.91 Å². The molecule has 2 amide bonds. The predicted molar refractivity (Wildman–Crippen MR) is 195 cm³/mol. The van der Waals surface area contributed by atoms with Crippen molar-refractivity contribution in [2.24, 2.45) is 5.92 Å². The molecule has 0 unspecified atom stereocenters. The van der Waals surface area contributed by atoms with E-state index in [1.165, 1.54) is 23.5 Å². The molecular formula is C38H46ClFN4O6S. The van der Waals surface area contributed by atoms with Crippen molar-refractivity contribution in [2.75, 3.05) is 57.9 Å². The van der Waals surface area contributed by atoms with E-state index in [2.05, 4.69) is 15.1 Å². The van der Waals surface area contributed by atoms with Crippen LogP contribution in [0, 0.1) is 11.7 Å². The quantitative estimate of drug-likeness (QED) is 0.264. The molecule has 3 aromatic rings. The number of nitrogens with zero attached hydrogens (tertiary/aromatic N) is 3. The van der Waals surface area contributed by atoms with Crippen LogP contribution in [0.5, 0.6) is 0 Å². The van der Waals surface area contributed by atoms with Crippen LogP contribution in [0.25, 0.3) is 10.1 Å². The number of ether oxygens (including phenoxy) is 2. The maximum atomic E-state index is 15.6. The number of carboxylic acids is 1. The van der Waals surface area contributed by atoms with Gasteiger partial charge in [-0.3, -0.25) is 24.2 Å². The van der Waals surface area contributed by atoms with Crippen LogP contribution in [0.1, 0.15) is 60.9 Å². The summed E-state index contributed by atoms with van der Waals surface area (Å²) in [4.78, 5) is 45.4. The van der Waals surface area contributed by atoms with E-state index in [1.54, 1.807) is 5.38 Å². The largest absolute Gasteiger partial charge is 0.481 e. The van der Waals surface area contributed by atoms with Gasteiger partial charge in [-0.25, -0.2) is 4.39 Å². The highest BCUT2D eigenvalue weighted by atomic mass is 35.5. The lowest BCUT2D eigenvalue weighted by Gasteiger charge is -2.41. The minimum Gasteiger partial charge on any atom is -0.481 e. The molecule has 274 valence electrons. The van der Waals surface area contributed by atoms with Crippen LogP contribution < -0.4 is 5.32 Å². The van der Waals surface area contributed by atoms with Crippen LogP contribution >= 0.6 is 22.9 Å². The molecule has 1 aromatic heterocycles. The Morgan fingerprint density at radius 3 is 2.45 bits per heavy atom. The van der Waals surface area contributed by atoms with Gasteiger partial charge in [0.1, 0.15) is 5.82 Å². The molecule has 1 aliphatic carbocycles. The van der Waals surface area contributed by atoms with Gasteiger partial charge in [0.15, 0.2) is 0 Å². The van der Waals surface area contributed by atoms with E-state index in [0.717, 1.165) is 68.7 Å². The number of halogens is 2. The average Bonchev–Trinajstić information content (AvgIpc) is 3.79. The number of morpholine rings is 1. The zero-order valence-corrected chi connectivity index (χ0v) is 30.3. The van der Waals surface area contributed by atoms with Crippen molar-refractivity contribution in [3.63, 3.8) is 0 Å². The molecule has 4 fully saturated rings. The molecule has 13 heteroatoms. The first-order chi connectivity index (χ1) is 24.7. The fourth-order valence-corrected chi connectivity index (χ4v) is 9.50. The van der Waals surface area contributed by atoms with Crippen LogP contribution in [0.2, 0.25) is 5.02 Å². The van der Waals surface area contributed by atoms with Gasteiger partial charge in [-0.1, -0.05) is 29.8 Å². The number of aliphatic carboxylic acids is 1. The topological polar surface area (TPSA) is 112 Å². The van der Waals surface area contributed by atoms with E-state index in [4.69, 9.17) is 21.1 Å². The maximum Gasteiger partial charge on any atom is 0.306 e. The van der Waals surface area contributed by atoms with E-state index in [-0.39, 0.29) is 58.6 Å².